The molecule has 0 saturated carbocycles. The van der Waals surface area contributed by atoms with Crippen molar-refractivity contribution in [3.8, 4) is 0 Å². The van der Waals surface area contributed by atoms with E-state index >= 15 is 0 Å². The van der Waals surface area contributed by atoms with E-state index in [0.717, 1.165) is 23.5 Å². The zero-order valence-corrected chi connectivity index (χ0v) is 16.5. The number of piperidine rings is 1. The van der Waals surface area contributed by atoms with E-state index in [-0.39, 0.29) is 18.0 Å². The topological polar surface area (TPSA) is 67.3 Å². The molecular formula is C19H22N2O3S2. The quantitative estimate of drug-likeness (QED) is 0.806. The van der Waals surface area contributed by atoms with Crippen LogP contribution in [-0.2, 0) is 9.84 Å². The minimum atomic E-state index is -3.35. The monoisotopic (exact) mass is 390 g/mol. The molecule has 2 aliphatic rings. The normalized spacial score (nSPS) is 25.5. The summed E-state index contributed by atoms with van der Waals surface area (Å²) in [4.78, 5) is 20.5. The molecule has 0 radical (unpaired) electrons. The first-order valence-corrected chi connectivity index (χ1v) is 11.3. The molecule has 2 atom stereocenters. The maximum atomic E-state index is 13.1. The highest BCUT2D eigenvalue weighted by molar-refractivity contribution is 7.92. The molecule has 0 aliphatic carbocycles. The van der Waals surface area contributed by atoms with Crippen LogP contribution in [0.25, 0.3) is 0 Å². The summed E-state index contributed by atoms with van der Waals surface area (Å²) in [5, 5.41) is 0.482. The Bertz CT molecular complexity index is 923. The van der Waals surface area contributed by atoms with Gasteiger partial charge in [0.15, 0.2) is 9.84 Å². The van der Waals surface area contributed by atoms with Crippen molar-refractivity contribution in [3.05, 3.63) is 45.9 Å². The van der Waals surface area contributed by atoms with Gasteiger partial charge in [-0.15, -0.1) is 11.3 Å². The summed E-state index contributed by atoms with van der Waals surface area (Å²) in [6.07, 6.45) is 2.81. The van der Waals surface area contributed by atoms with E-state index in [1.165, 1.54) is 11.3 Å². The Morgan fingerprint density at radius 3 is 2.27 bits per heavy atom. The molecule has 2 aromatic rings. The van der Waals surface area contributed by atoms with Gasteiger partial charge in [-0.3, -0.25) is 4.79 Å². The zero-order chi connectivity index (χ0) is 18.5. The molecule has 1 amide bonds. The Morgan fingerprint density at radius 2 is 1.73 bits per heavy atom. The highest BCUT2D eigenvalue weighted by Gasteiger charge is 2.47. The summed E-state index contributed by atoms with van der Waals surface area (Å²) >= 11 is 1.43. The Morgan fingerprint density at radius 1 is 1.12 bits per heavy atom. The van der Waals surface area contributed by atoms with E-state index in [0.29, 0.717) is 22.6 Å². The minimum absolute atomic E-state index is 0.00606. The number of benzene rings is 1. The third-order valence-corrected chi connectivity index (χ3v) is 8.79. The van der Waals surface area contributed by atoms with Crippen LogP contribution in [0, 0.1) is 13.8 Å². The Labute approximate surface area is 158 Å². The predicted molar refractivity (Wildman–Crippen MR) is 101 cm³/mol. The lowest BCUT2D eigenvalue weighted by Gasteiger charge is -2.38. The van der Waals surface area contributed by atoms with Crippen molar-refractivity contribution in [2.45, 2.75) is 61.8 Å². The second-order valence-corrected chi connectivity index (χ2v) is 10.6. The van der Waals surface area contributed by atoms with Crippen LogP contribution in [0.2, 0.25) is 0 Å². The standard InChI is InChI=1S/C19H22N2O3S2/c1-12-18(25-13(2)20-12)19(22)21-14-8-9-15(21)11-17(10-14)26(23,24)16-6-4-3-5-7-16/h3-7,14-15,17H,8-11H2,1-2H3. The van der Waals surface area contributed by atoms with E-state index in [4.69, 9.17) is 0 Å². The summed E-state index contributed by atoms with van der Waals surface area (Å²) in [6.45, 7) is 3.77. The fourth-order valence-corrected chi connectivity index (χ4v) is 7.10. The van der Waals surface area contributed by atoms with E-state index in [1.807, 2.05) is 24.8 Å². The number of rotatable bonds is 3. The molecule has 1 aromatic heterocycles. The molecule has 26 heavy (non-hydrogen) atoms. The smallest absolute Gasteiger partial charge is 0.266 e. The van der Waals surface area contributed by atoms with Crippen molar-refractivity contribution in [2.24, 2.45) is 0 Å². The number of amides is 1. The van der Waals surface area contributed by atoms with Gasteiger partial charge in [-0.2, -0.15) is 0 Å². The van der Waals surface area contributed by atoms with Crippen molar-refractivity contribution in [2.75, 3.05) is 0 Å². The SMILES string of the molecule is Cc1nc(C)c(C(=O)N2C3CCC2CC(S(=O)(=O)c2ccccc2)C3)s1. The third kappa shape index (κ3) is 2.87. The average Bonchev–Trinajstić information content (AvgIpc) is 3.09. The highest BCUT2D eigenvalue weighted by Crippen LogP contribution is 2.41. The number of nitrogens with zero attached hydrogens (tertiary/aromatic N) is 2. The first-order chi connectivity index (χ1) is 12.4. The van der Waals surface area contributed by atoms with Crippen molar-refractivity contribution >= 4 is 27.1 Å². The van der Waals surface area contributed by atoms with Crippen molar-refractivity contribution < 1.29 is 13.2 Å². The van der Waals surface area contributed by atoms with E-state index in [1.54, 1.807) is 24.3 Å². The number of aryl methyl sites for hydroxylation is 2. The number of hydrogen-bond acceptors (Lipinski definition) is 5. The zero-order valence-electron chi connectivity index (χ0n) is 14.9. The number of fused-ring (bicyclic) bond motifs is 2. The summed E-state index contributed by atoms with van der Waals surface area (Å²) in [6, 6.07) is 8.68. The first-order valence-electron chi connectivity index (χ1n) is 8.93. The molecule has 2 fully saturated rings. The van der Waals surface area contributed by atoms with Gasteiger partial charge in [0.05, 0.1) is 20.8 Å². The van der Waals surface area contributed by atoms with Crippen molar-refractivity contribution in [3.63, 3.8) is 0 Å². The average molecular weight is 391 g/mol. The van der Waals surface area contributed by atoms with Crippen LogP contribution >= 0.6 is 11.3 Å². The third-order valence-electron chi connectivity index (χ3n) is 5.53. The second-order valence-electron chi connectivity index (χ2n) is 7.20. The van der Waals surface area contributed by atoms with Gasteiger partial charge < -0.3 is 4.90 Å². The lowest BCUT2D eigenvalue weighted by Crippen LogP contribution is -2.49. The molecule has 3 heterocycles. The van der Waals surface area contributed by atoms with Gasteiger partial charge in [0.25, 0.3) is 5.91 Å². The van der Waals surface area contributed by atoms with Gasteiger partial charge in [0.1, 0.15) is 4.88 Å². The molecule has 2 aliphatic heterocycles. The molecule has 4 rings (SSSR count). The lowest BCUT2D eigenvalue weighted by atomic mass is 10.0. The molecule has 5 nitrogen and oxygen atoms in total. The Hall–Kier alpha value is -1.73. The lowest BCUT2D eigenvalue weighted by molar-refractivity contribution is 0.0602. The predicted octanol–water partition coefficient (Wildman–Crippen LogP) is 3.37. The van der Waals surface area contributed by atoms with Crippen LogP contribution in [0.4, 0.5) is 0 Å². The van der Waals surface area contributed by atoms with Crippen LogP contribution in [0.15, 0.2) is 35.2 Å². The number of carbonyl (C=O) groups is 1. The highest BCUT2D eigenvalue weighted by atomic mass is 32.2. The van der Waals surface area contributed by atoms with Crippen molar-refractivity contribution in [1.29, 1.82) is 0 Å². The molecule has 2 bridgehead atoms. The number of aromatic nitrogens is 1. The van der Waals surface area contributed by atoms with Gasteiger partial charge in [-0.25, -0.2) is 13.4 Å². The van der Waals surface area contributed by atoms with E-state index in [9.17, 15) is 13.2 Å². The Kier molecular flexibility index (Phi) is 4.39. The van der Waals surface area contributed by atoms with Gasteiger partial charge in [-0.1, -0.05) is 18.2 Å². The van der Waals surface area contributed by atoms with Crippen LogP contribution in [0.3, 0.4) is 0 Å². The number of sulfone groups is 1. The molecule has 7 heteroatoms. The molecule has 2 unspecified atom stereocenters. The second kappa shape index (κ2) is 6.46. The van der Waals surface area contributed by atoms with E-state index in [2.05, 4.69) is 4.98 Å². The van der Waals surface area contributed by atoms with Crippen molar-refractivity contribution in [1.82, 2.24) is 9.88 Å². The molecular weight excluding hydrogens is 368 g/mol. The first kappa shape index (κ1) is 17.7. The minimum Gasteiger partial charge on any atom is -0.332 e. The fraction of sp³-hybridized carbons (Fsp3) is 0.474. The maximum Gasteiger partial charge on any atom is 0.266 e. The van der Waals surface area contributed by atoms with Gasteiger partial charge in [0, 0.05) is 12.1 Å². The maximum absolute atomic E-state index is 13.1. The molecule has 138 valence electrons. The van der Waals surface area contributed by atoms with Gasteiger partial charge >= 0.3 is 0 Å². The number of carbonyl (C=O) groups excluding carboxylic acids is 1. The molecule has 0 spiro atoms. The van der Waals surface area contributed by atoms with Gasteiger partial charge in [-0.05, 0) is 51.7 Å². The summed E-state index contributed by atoms with van der Waals surface area (Å²) in [5.41, 5.74) is 0.774. The summed E-state index contributed by atoms with van der Waals surface area (Å²) < 4.78 is 26.0. The molecule has 1 aromatic carbocycles. The van der Waals surface area contributed by atoms with Crippen LogP contribution in [0.1, 0.15) is 46.1 Å². The molecule has 0 N–H and O–H groups in total. The van der Waals surface area contributed by atoms with Crippen LogP contribution in [0.5, 0.6) is 0 Å². The summed E-state index contributed by atoms with van der Waals surface area (Å²) in [7, 11) is -3.35. The number of thiazole rings is 1. The largest absolute Gasteiger partial charge is 0.332 e. The fourth-order valence-electron chi connectivity index (χ4n) is 4.36. The summed E-state index contributed by atoms with van der Waals surface area (Å²) in [5.74, 6) is 0.0242. The van der Waals surface area contributed by atoms with Gasteiger partial charge in [0.2, 0.25) is 0 Å². The van der Waals surface area contributed by atoms with Crippen LogP contribution < -0.4 is 0 Å². The number of hydrogen-bond donors (Lipinski definition) is 0. The van der Waals surface area contributed by atoms with E-state index < -0.39 is 15.1 Å². The Balaban J connectivity index is 1.58. The van der Waals surface area contributed by atoms with Crippen LogP contribution in [-0.4, -0.2) is 41.5 Å². The molecule has 2 saturated heterocycles.